The quantitative estimate of drug-likeness (QED) is 0.657. The average molecular weight is 176 g/mol. The molecule has 1 aromatic heterocycles. The molecule has 0 fully saturated rings. The molecule has 0 atom stereocenters. The molecule has 0 amide bonds. The lowest BCUT2D eigenvalue weighted by atomic mass is 10.1. The van der Waals surface area contributed by atoms with Gasteiger partial charge in [-0.2, -0.15) is 10.4 Å². The number of aromatic nitrogens is 2. The first kappa shape index (κ1) is 8.11. The number of nitriles is 1. The molecule has 1 aliphatic heterocycles. The minimum atomic E-state index is 0.429. The lowest BCUT2D eigenvalue weighted by molar-refractivity contribution is 0.409. The number of nitrogens with one attached hydrogen (secondary N) is 1. The molecule has 2 heterocycles. The van der Waals surface area contributed by atoms with Gasteiger partial charge in [0.2, 0.25) is 0 Å². The molecule has 2 rings (SSSR count). The van der Waals surface area contributed by atoms with Gasteiger partial charge in [0.05, 0.1) is 24.5 Å². The number of hydrogen-bond acceptors (Lipinski definition) is 3. The zero-order valence-corrected chi connectivity index (χ0v) is 7.83. The second-order valence-corrected chi connectivity index (χ2v) is 3.68. The molecule has 1 N–H and O–H groups in total. The Morgan fingerprint density at radius 2 is 2.31 bits per heavy atom. The van der Waals surface area contributed by atoms with Crippen molar-refractivity contribution in [2.75, 3.05) is 0 Å². The van der Waals surface area contributed by atoms with Gasteiger partial charge >= 0.3 is 0 Å². The summed E-state index contributed by atoms with van der Waals surface area (Å²) in [7, 11) is 0. The fraction of sp³-hybridized carbons (Fsp3) is 0.556. The Morgan fingerprint density at radius 3 is 2.92 bits per heavy atom. The summed E-state index contributed by atoms with van der Waals surface area (Å²) in [6.45, 7) is 5.64. The van der Waals surface area contributed by atoms with Crippen LogP contribution >= 0.6 is 0 Å². The van der Waals surface area contributed by atoms with Gasteiger partial charge in [0.25, 0.3) is 0 Å². The molecule has 0 aromatic carbocycles. The molecule has 4 heteroatoms. The first-order valence-electron chi connectivity index (χ1n) is 4.43. The zero-order chi connectivity index (χ0) is 9.42. The lowest BCUT2D eigenvalue weighted by Gasteiger charge is -2.06. The summed E-state index contributed by atoms with van der Waals surface area (Å²) in [5, 5.41) is 16.0. The summed E-state index contributed by atoms with van der Waals surface area (Å²) in [6.07, 6.45) is 2.15. The maximum absolute atomic E-state index is 8.73. The van der Waals surface area contributed by atoms with Crippen LogP contribution in [0.15, 0.2) is 0 Å². The summed E-state index contributed by atoms with van der Waals surface area (Å²) in [6, 6.07) is 0. The fourth-order valence-electron chi connectivity index (χ4n) is 1.71. The van der Waals surface area contributed by atoms with E-state index in [0.29, 0.717) is 12.5 Å². The SMILES string of the molecule is CC(C)c1n[nH]c2c1CN(C#N)C2. The van der Waals surface area contributed by atoms with E-state index in [1.807, 2.05) is 0 Å². The number of hydrogen-bond donors (Lipinski definition) is 1. The smallest absolute Gasteiger partial charge is 0.180 e. The first-order valence-corrected chi connectivity index (χ1v) is 4.43. The molecule has 68 valence electrons. The van der Waals surface area contributed by atoms with Gasteiger partial charge in [0.15, 0.2) is 6.19 Å². The highest BCUT2D eigenvalue weighted by atomic mass is 15.2. The molecular weight excluding hydrogens is 164 g/mol. The monoisotopic (exact) mass is 176 g/mol. The first-order chi connectivity index (χ1) is 6.22. The Balaban J connectivity index is 2.33. The Kier molecular flexibility index (Phi) is 1.73. The number of fused-ring (bicyclic) bond motifs is 1. The molecule has 4 nitrogen and oxygen atoms in total. The second-order valence-electron chi connectivity index (χ2n) is 3.68. The number of nitrogens with zero attached hydrogens (tertiary/aromatic N) is 3. The van der Waals surface area contributed by atoms with E-state index in [9.17, 15) is 0 Å². The molecule has 0 aliphatic carbocycles. The van der Waals surface area contributed by atoms with Crippen molar-refractivity contribution in [3.8, 4) is 6.19 Å². The van der Waals surface area contributed by atoms with Crippen molar-refractivity contribution >= 4 is 0 Å². The van der Waals surface area contributed by atoms with Gasteiger partial charge in [-0.05, 0) is 5.92 Å². The summed E-state index contributed by atoms with van der Waals surface area (Å²) >= 11 is 0. The van der Waals surface area contributed by atoms with Crippen LogP contribution in [0.25, 0.3) is 0 Å². The molecule has 0 bridgehead atoms. The standard InChI is InChI=1S/C9H12N4/c1-6(2)9-7-3-13(5-10)4-8(7)11-12-9/h6H,3-4H2,1-2H3,(H,11,12). The minimum absolute atomic E-state index is 0.429. The van der Waals surface area contributed by atoms with Crippen LogP contribution in [0.3, 0.4) is 0 Å². The summed E-state index contributed by atoms with van der Waals surface area (Å²) < 4.78 is 0. The van der Waals surface area contributed by atoms with Crippen LogP contribution in [0.5, 0.6) is 0 Å². The molecule has 0 unspecified atom stereocenters. The Morgan fingerprint density at radius 1 is 1.54 bits per heavy atom. The predicted octanol–water partition coefficient (Wildman–Crippen LogP) is 1.33. The van der Waals surface area contributed by atoms with Gasteiger partial charge in [0.1, 0.15) is 0 Å². The van der Waals surface area contributed by atoms with Gasteiger partial charge in [-0.15, -0.1) is 0 Å². The van der Waals surface area contributed by atoms with Crippen LogP contribution in [0.2, 0.25) is 0 Å². The third kappa shape index (κ3) is 1.17. The normalized spacial score (nSPS) is 14.8. The summed E-state index contributed by atoms with van der Waals surface area (Å²) in [4.78, 5) is 1.73. The largest absolute Gasteiger partial charge is 0.300 e. The van der Waals surface area contributed by atoms with Crippen LogP contribution in [0, 0.1) is 11.5 Å². The van der Waals surface area contributed by atoms with Crippen LogP contribution < -0.4 is 0 Å². The zero-order valence-electron chi connectivity index (χ0n) is 7.83. The highest BCUT2D eigenvalue weighted by Gasteiger charge is 2.24. The van der Waals surface area contributed by atoms with Crippen LogP contribution in [-0.4, -0.2) is 15.1 Å². The van der Waals surface area contributed by atoms with E-state index < -0.39 is 0 Å². The van der Waals surface area contributed by atoms with E-state index in [1.54, 1.807) is 4.90 Å². The second kappa shape index (κ2) is 2.77. The molecule has 0 radical (unpaired) electrons. The van der Waals surface area contributed by atoms with Crippen molar-refractivity contribution in [1.29, 1.82) is 5.26 Å². The lowest BCUT2D eigenvalue weighted by Crippen LogP contribution is -2.09. The van der Waals surface area contributed by atoms with E-state index in [2.05, 4.69) is 30.2 Å². The average Bonchev–Trinajstić information content (AvgIpc) is 2.59. The summed E-state index contributed by atoms with van der Waals surface area (Å²) in [5.74, 6) is 0.429. The van der Waals surface area contributed by atoms with Gasteiger partial charge in [-0.25, -0.2) is 0 Å². The van der Waals surface area contributed by atoms with Gasteiger partial charge < -0.3 is 4.90 Å². The Hall–Kier alpha value is -1.50. The molecule has 0 spiro atoms. The van der Waals surface area contributed by atoms with Crippen molar-refractivity contribution in [3.63, 3.8) is 0 Å². The van der Waals surface area contributed by atoms with Crippen molar-refractivity contribution in [2.45, 2.75) is 32.9 Å². The van der Waals surface area contributed by atoms with E-state index >= 15 is 0 Å². The van der Waals surface area contributed by atoms with Gasteiger partial charge in [-0.1, -0.05) is 13.8 Å². The molecule has 0 saturated heterocycles. The third-order valence-corrected chi connectivity index (χ3v) is 2.37. The molecule has 1 aromatic rings. The van der Waals surface area contributed by atoms with Gasteiger partial charge in [0, 0.05) is 5.56 Å². The van der Waals surface area contributed by atoms with Crippen molar-refractivity contribution in [2.24, 2.45) is 0 Å². The van der Waals surface area contributed by atoms with E-state index in [1.165, 1.54) is 5.56 Å². The number of rotatable bonds is 1. The fourth-order valence-corrected chi connectivity index (χ4v) is 1.71. The van der Waals surface area contributed by atoms with E-state index in [0.717, 1.165) is 17.9 Å². The van der Waals surface area contributed by atoms with Crippen LogP contribution in [-0.2, 0) is 13.1 Å². The molecule has 0 saturated carbocycles. The number of H-pyrrole nitrogens is 1. The number of aromatic amines is 1. The van der Waals surface area contributed by atoms with Crippen LogP contribution in [0.4, 0.5) is 0 Å². The Bertz CT molecular complexity index is 358. The highest BCUT2D eigenvalue weighted by Crippen LogP contribution is 2.27. The minimum Gasteiger partial charge on any atom is -0.300 e. The predicted molar refractivity (Wildman–Crippen MR) is 47.5 cm³/mol. The van der Waals surface area contributed by atoms with E-state index in [-0.39, 0.29) is 0 Å². The van der Waals surface area contributed by atoms with Gasteiger partial charge in [-0.3, -0.25) is 5.10 Å². The molecule has 13 heavy (non-hydrogen) atoms. The van der Waals surface area contributed by atoms with Crippen molar-refractivity contribution in [1.82, 2.24) is 15.1 Å². The van der Waals surface area contributed by atoms with E-state index in [4.69, 9.17) is 5.26 Å². The van der Waals surface area contributed by atoms with Crippen LogP contribution in [0.1, 0.15) is 36.7 Å². The molecular formula is C9H12N4. The molecule has 1 aliphatic rings. The maximum Gasteiger partial charge on any atom is 0.180 e. The maximum atomic E-state index is 8.73. The Labute approximate surface area is 77.2 Å². The topological polar surface area (TPSA) is 55.7 Å². The van der Waals surface area contributed by atoms with Crippen molar-refractivity contribution in [3.05, 3.63) is 17.0 Å². The summed E-state index contributed by atoms with van der Waals surface area (Å²) in [5.41, 5.74) is 3.43. The third-order valence-electron chi connectivity index (χ3n) is 2.37. The van der Waals surface area contributed by atoms with Crippen molar-refractivity contribution < 1.29 is 0 Å². The highest BCUT2D eigenvalue weighted by molar-refractivity contribution is 5.31.